The Morgan fingerprint density at radius 2 is 1.88 bits per heavy atom. The third-order valence-electron chi connectivity index (χ3n) is 3.85. The van der Waals surface area contributed by atoms with Gasteiger partial charge in [-0.1, -0.05) is 17.7 Å². The average molecular weight is 353 g/mol. The fourth-order valence-corrected chi connectivity index (χ4v) is 3.22. The molecule has 3 rings (SSSR count). The van der Waals surface area contributed by atoms with Gasteiger partial charge < -0.3 is 9.47 Å². The summed E-state index contributed by atoms with van der Waals surface area (Å²) in [5.41, 5.74) is 4.30. The lowest BCUT2D eigenvalue weighted by Crippen LogP contribution is -2.07. The molecule has 0 spiro atoms. The smallest absolute Gasteiger partial charge is 0.338 e. The van der Waals surface area contributed by atoms with Gasteiger partial charge in [0.05, 0.1) is 18.4 Å². The predicted molar refractivity (Wildman–Crippen MR) is 99.1 cm³/mol. The van der Waals surface area contributed by atoms with Crippen molar-refractivity contribution in [1.82, 2.24) is 4.98 Å². The molecule has 0 unspecified atom stereocenters. The van der Waals surface area contributed by atoms with Crippen LogP contribution >= 0.6 is 11.3 Å². The maximum atomic E-state index is 12.3. The second-order valence-electron chi connectivity index (χ2n) is 5.77. The van der Waals surface area contributed by atoms with Gasteiger partial charge in [-0.2, -0.15) is 0 Å². The van der Waals surface area contributed by atoms with Gasteiger partial charge in [0, 0.05) is 10.9 Å². The second kappa shape index (κ2) is 7.49. The Labute approximate surface area is 151 Å². The topological polar surface area (TPSA) is 48.4 Å². The maximum Gasteiger partial charge on any atom is 0.338 e. The molecule has 0 atom stereocenters. The van der Waals surface area contributed by atoms with Crippen molar-refractivity contribution >= 4 is 17.3 Å². The van der Waals surface area contributed by atoms with Gasteiger partial charge in [0.2, 0.25) is 0 Å². The van der Waals surface area contributed by atoms with Gasteiger partial charge in [0.25, 0.3) is 0 Å². The summed E-state index contributed by atoms with van der Waals surface area (Å²) in [5.74, 6) is 0.489. The molecule has 0 aliphatic heterocycles. The van der Waals surface area contributed by atoms with E-state index in [4.69, 9.17) is 9.47 Å². The molecule has 0 aliphatic rings. The van der Waals surface area contributed by atoms with E-state index in [2.05, 4.69) is 4.98 Å². The molecule has 5 heteroatoms. The van der Waals surface area contributed by atoms with Crippen LogP contribution in [0.3, 0.4) is 0 Å². The number of rotatable bonds is 5. The van der Waals surface area contributed by atoms with Crippen LogP contribution in [0.15, 0.2) is 47.8 Å². The Balaban J connectivity index is 1.67. The number of hydrogen-bond donors (Lipinski definition) is 0. The van der Waals surface area contributed by atoms with Gasteiger partial charge in [-0.25, -0.2) is 9.78 Å². The average Bonchev–Trinajstić information content (AvgIpc) is 3.11. The molecule has 3 aromatic rings. The zero-order valence-electron chi connectivity index (χ0n) is 14.4. The quantitative estimate of drug-likeness (QED) is 0.619. The summed E-state index contributed by atoms with van der Waals surface area (Å²) in [6, 6.07) is 13.5. The van der Waals surface area contributed by atoms with E-state index in [1.54, 1.807) is 7.11 Å². The lowest BCUT2D eigenvalue weighted by atomic mass is 10.1. The van der Waals surface area contributed by atoms with Crippen molar-refractivity contribution in [2.24, 2.45) is 0 Å². The molecule has 0 aliphatic carbocycles. The highest BCUT2D eigenvalue weighted by atomic mass is 32.1. The highest BCUT2D eigenvalue weighted by Crippen LogP contribution is 2.26. The number of aryl methyl sites for hydroxylation is 2. The summed E-state index contributed by atoms with van der Waals surface area (Å²) in [6.07, 6.45) is 0. The predicted octanol–water partition coefficient (Wildman–Crippen LogP) is 4.79. The number of benzene rings is 2. The lowest BCUT2D eigenvalue weighted by molar-refractivity contribution is 0.0467. The van der Waals surface area contributed by atoms with Gasteiger partial charge in [-0.05, 0) is 49.7 Å². The van der Waals surface area contributed by atoms with Crippen molar-refractivity contribution in [3.8, 4) is 16.3 Å². The van der Waals surface area contributed by atoms with Crippen molar-refractivity contribution in [3.63, 3.8) is 0 Å². The first-order valence-electron chi connectivity index (χ1n) is 7.90. The molecule has 4 nitrogen and oxygen atoms in total. The van der Waals surface area contributed by atoms with Crippen molar-refractivity contribution in [1.29, 1.82) is 0 Å². The Kier molecular flexibility index (Phi) is 5.14. The standard InChI is InChI=1S/C20H19NO3S/c1-13-4-5-14(2)18(10-13)20(22)24-11-16-12-25-19(21-16)15-6-8-17(23-3)9-7-15/h4-10,12H,11H2,1-3H3. The van der Waals surface area contributed by atoms with E-state index in [-0.39, 0.29) is 12.6 Å². The monoisotopic (exact) mass is 353 g/mol. The molecular weight excluding hydrogens is 334 g/mol. The Morgan fingerprint density at radius 3 is 2.60 bits per heavy atom. The van der Waals surface area contributed by atoms with Gasteiger partial charge in [0.15, 0.2) is 0 Å². The summed E-state index contributed by atoms with van der Waals surface area (Å²) in [6.45, 7) is 4.03. The van der Waals surface area contributed by atoms with Crippen molar-refractivity contribution in [3.05, 3.63) is 70.2 Å². The fourth-order valence-electron chi connectivity index (χ4n) is 2.41. The summed E-state index contributed by atoms with van der Waals surface area (Å²) in [4.78, 5) is 16.8. The third kappa shape index (κ3) is 4.06. The number of carbonyl (C=O) groups excluding carboxylic acids is 1. The molecular formula is C20H19NO3S. The van der Waals surface area contributed by atoms with E-state index in [9.17, 15) is 4.79 Å². The van der Waals surface area contributed by atoms with Crippen LogP contribution in [0, 0.1) is 13.8 Å². The van der Waals surface area contributed by atoms with Gasteiger partial charge in [0.1, 0.15) is 17.4 Å². The van der Waals surface area contributed by atoms with E-state index in [1.807, 2.05) is 61.7 Å². The molecule has 0 amide bonds. The van der Waals surface area contributed by atoms with Gasteiger partial charge >= 0.3 is 5.97 Å². The van der Waals surface area contributed by atoms with Crippen molar-refractivity contribution < 1.29 is 14.3 Å². The van der Waals surface area contributed by atoms with Crippen molar-refractivity contribution in [2.75, 3.05) is 7.11 Å². The molecule has 0 N–H and O–H groups in total. The SMILES string of the molecule is COc1ccc(-c2nc(COC(=O)c3cc(C)ccc3C)cs2)cc1. The molecule has 0 fully saturated rings. The van der Waals surface area contributed by atoms with E-state index in [1.165, 1.54) is 11.3 Å². The third-order valence-corrected chi connectivity index (χ3v) is 4.79. The first-order valence-corrected chi connectivity index (χ1v) is 8.78. The van der Waals surface area contributed by atoms with E-state index < -0.39 is 0 Å². The number of carbonyl (C=O) groups is 1. The molecule has 1 aromatic heterocycles. The summed E-state index contributed by atoms with van der Waals surface area (Å²) < 4.78 is 10.6. The summed E-state index contributed by atoms with van der Waals surface area (Å²) >= 11 is 1.53. The number of hydrogen-bond acceptors (Lipinski definition) is 5. The lowest BCUT2D eigenvalue weighted by Gasteiger charge is -2.07. The normalized spacial score (nSPS) is 10.5. The maximum absolute atomic E-state index is 12.3. The number of nitrogens with zero attached hydrogens (tertiary/aromatic N) is 1. The minimum Gasteiger partial charge on any atom is -0.497 e. The number of esters is 1. The summed E-state index contributed by atoms with van der Waals surface area (Å²) in [7, 11) is 1.64. The molecule has 0 saturated heterocycles. The van der Waals surface area contributed by atoms with E-state index >= 15 is 0 Å². The highest BCUT2D eigenvalue weighted by molar-refractivity contribution is 7.13. The van der Waals surface area contributed by atoms with E-state index in [0.29, 0.717) is 5.56 Å². The second-order valence-corrected chi connectivity index (χ2v) is 6.63. The van der Waals surface area contributed by atoms with Crippen molar-refractivity contribution in [2.45, 2.75) is 20.5 Å². The number of aromatic nitrogens is 1. The van der Waals surface area contributed by atoms with E-state index in [0.717, 1.165) is 33.1 Å². The van der Waals surface area contributed by atoms with Crippen LogP contribution < -0.4 is 4.74 Å². The molecule has 0 radical (unpaired) electrons. The Morgan fingerprint density at radius 1 is 1.12 bits per heavy atom. The van der Waals surface area contributed by atoms with Crippen LogP contribution in [0.5, 0.6) is 5.75 Å². The van der Waals surface area contributed by atoms with Gasteiger partial charge in [-0.15, -0.1) is 11.3 Å². The molecule has 1 heterocycles. The fraction of sp³-hybridized carbons (Fsp3) is 0.200. The van der Waals surface area contributed by atoms with Gasteiger partial charge in [-0.3, -0.25) is 0 Å². The molecule has 25 heavy (non-hydrogen) atoms. The van der Waals surface area contributed by atoms with Crippen LogP contribution in [0.2, 0.25) is 0 Å². The van der Waals surface area contributed by atoms with Crippen LogP contribution in [-0.2, 0) is 11.3 Å². The largest absolute Gasteiger partial charge is 0.497 e. The molecule has 128 valence electrons. The zero-order chi connectivity index (χ0) is 17.8. The summed E-state index contributed by atoms with van der Waals surface area (Å²) in [5, 5.41) is 2.80. The highest BCUT2D eigenvalue weighted by Gasteiger charge is 2.12. The minimum absolute atomic E-state index is 0.166. The Hall–Kier alpha value is -2.66. The van der Waals surface area contributed by atoms with Crippen LogP contribution in [0.4, 0.5) is 0 Å². The molecule has 0 bridgehead atoms. The van der Waals surface area contributed by atoms with Crippen LogP contribution in [-0.4, -0.2) is 18.1 Å². The van der Waals surface area contributed by atoms with Crippen LogP contribution in [0.25, 0.3) is 10.6 Å². The van der Waals surface area contributed by atoms with Crippen LogP contribution in [0.1, 0.15) is 27.2 Å². The first kappa shape index (κ1) is 17.2. The minimum atomic E-state index is -0.319. The first-order chi connectivity index (χ1) is 12.1. The number of methoxy groups -OCH3 is 1. The molecule has 2 aromatic carbocycles. The number of ether oxygens (including phenoxy) is 2. The molecule has 0 saturated carbocycles. The number of thiazole rings is 1. The Bertz CT molecular complexity index is 884. The zero-order valence-corrected chi connectivity index (χ0v) is 15.2.